The third-order valence-electron chi connectivity index (χ3n) is 3.87. The molecule has 1 aromatic heterocycles. The van der Waals surface area contributed by atoms with Crippen molar-refractivity contribution in [2.75, 3.05) is 11.6 Å². The Morgan fingerprint density at radius 3 is 2.75 bits per heavy atom. The number of rotatable bonds is 7. The van der Waals surface area contributed by atoms with Gasteiger partial charge in [-0.05, 0) is 53.4 Å². The number of halogens is 2. The van der Waals surface area contributed by atoms with Crippen molar-refractivity contribution in [2.24, 2.45) is 0 Å². The molecule has 24 heavy (non-hydrogen) atoms. The summed E-state index contributed by atoms with van der Waals surface area (Å²) in [6, 6.07) is 4.50. The molecule has 2 aromatic rings. The number of hydrogen-bond acceptors (Lipinski definition) is 5. The Balaban J connectivity index is 1.89. The van der Waals surface area contributed by atoms with Crippen molar-refractivity contribution in [3.63, 3.8) is 0 Å². The lowest BCUT2D eigenvalue weighted by Crippen LogP contribution is -2.09. The minimum Gasteiger partial charge on any atom is -0.360 e. The van der Waals surface area contributed by atoms with Gasteiger partial charge in [-0.1, -0.05) is 5.16 Å². The van der Waals surface area contributed by atoms with E-state index < -0.39 is 9.84 Å². The average Bonchev–Trinajstić information content (AvgIpc) is 3.29. The van der Waals surface area contributed by atoms with Gasteiger partial charge in [-0.2, -0.15) is 0 Å². The van der Waals surface area contributed by atoms with E-state index in [0.29, 0.717) is 27.8 Å². The van der Waals surface area contributed by atoms with Crippen molar-refractivity contribution in [1.29, 1.82) is 0 Å². The maximum atomic E-state index is 12.7. The van der Waals surface area contributed by atoms with Gasteiger partial charge in [0.05, 0.1) is 22.4 Å². The van der Waals surface area contributed by atoms with E-state index in [9.17, 15) is 13.2 Å². The van der Waals surface area contributed by atoms with E-state index in [1.54, 1.807) is 0 Å². The van der Waals surface area contributed by atoms with Crippen molar-refractivity contribution in [3.05, 3.63) is 45.8 Å². The number of aromatic nitrogens is 1. The molecule has 0 amide bonds. The molecule has 0 unspecified atom stereocenters. The van der Waals surface area contributed by atoms with E-state index in [1.807, 2.05) is 0 Å². The minimum atomic E-state index is -3.43. The molecule has 3 rings (SSSR count). The first-order valence-electron chi connectivity index (χ1n) is 7.51. The van der Waals surface area contributed by atoms with Crippen LogP contribution in [-0.4, -0.2) is 31.0 Å². The van der Waals surface area contributed by atoms with Gasteiger partial charge in [0.1, 0.15) is 0 Å². The molecule has 0 aliphatic heterocycles. The Morgan fingerprint density at radius 1 is 1.38 bits per heavy atom. The first-order valence-corrected chi connectivity index (χ1v) is 10.5. The quantitative estimate of drug-likeness (QED) is 0.489. The zero-order chi connectivity index (χ0) is 17.3. The molecule has 1 aliphatic carbocycles. The van der Waals surface area contributed by atoms with Crippen LogP contribution in [0.5, 0.6) is 0 Å². The highest BCUT2D eigenvalue weighted by Gasteiger charge is 2.32. The maximum Gasteiger partial charge on any atom is 0.198 e. The van der Waals surface area contributed by atoms with Crippen LogP contribution in [-0.2, 0) is 9.84 Å². The number of sulfone groups is 1. The van der Waals surface area contributed by atoms with Crippen LogP contribution in [0.4, 0.5) is 0 Å². The monoisotopic (exact) mass is 431 g/mol. The minimum absolute atomic E-state index is 0.0279. The number of alkyl halides is 1. The van der Waals surface area contributed by atoms with Gasteiger partial charge in [0.15, 0.2) is 21.4 Å². The van der Waals surface area contributed by atoms with Crippen molar-refractivity contribution in [3.8, 4) is 0 Å². The molecule has 5 nitrogen and oxygen atoms in total. The summed E-state index contributed by atoms with van der Waals surface area (Å²) in [6.45, 7) is 0. The van der Waals surface area contributed by atoms with Gasteiger partial charge < -0.3 is 4.52 Å². The van der Waals surface area contributed by atoms with Gasteiger partial charge in [-0.3, -0.25) is 4.79 Å². The Morgan fingerprint density at radius 2 is 2.12 bits per heavy atom. The predicted molar refractivity (Wildman–Crippen MR) is 93.4 cm³/mol. The summed E-state index contributed by atoms with van der Waals surface area (Å²) in [4.78, 5) is 12.8. The normalized spacial score (nSPS) is 14.8. The van der Waals surface area contributed by atoms with Crippen LogP contribution in [0.3, 0.4) is 0 Å². The second-order valence-electron chi connectivity index (χ2n) is 5.71. The van der Waals surface area contributed by atoms with E-state index in [0.717, 1.165) is 12.8 Å². The molecule has 0 N–H and O–H groups in total. The van der Waals surface area contributed by atoms with E-state index >= 15 is 0 Å². The zero-order valence-corrected chi connectivity index (χ0v) is 15.8. The molecular formula is C16H15BrClNO4S. The van der Waals surface area contributed by atoms with Gasteiger partial charge in [0, 0.05) is 21.8 Å². The molecule has 1 heterocycles. The number of ketones is 1. The molecule has 0 bridgehead atoms. The highest BCUT2D eigenvalue weighted by molar-refractivity contribution is 9.10. The zero-order valence-electron chi connectivity index (χ0n) is 12.7. The number of hydrogen-bond donors (Lipinski definition) is 0. The summed E-state index contributed by atoms with van der Waals surface area (Å²) in [5.74, 6) is 0.925. The van der Waals surface area contributed by atoms with Gasteiger partial charge in [0.2, 0.25) is 0 Å². The van der Waals surface area contributed by atoms with E-state index in [4.69, 9.17) is 16.1 Å². The van der Waals surface area contributed by atoms with Crippen molar-refractivity contribution in [1.82, 2.24) is 5.16 Å². The number of benzene rings is 1. The van der Waals surface area contributed by atoms with Gasteiger partial charge >= 0.3 is 0 Å². The summed E-state index contributed by atoms with van der Waals surface area (Å²) >= 11 is 8.83. The third-order valence-corrected chi connectivity index (χ3v) is 6.90. The molecule has 1 saturated carbocycles. The SMILES string of the molecule is O=C(c1ccc(S(=O)(=O)CCCCl)c(Br)c1)c1cnoc1C1CC1. The van der Waals surface area contributed by atoms with Crippen molar-refractivity contribution in [2.45, 2.75) is 30.1 Å². The highest BCUT2D eigenvalue weighted by atomic mass is 79.9. The lowest BCUT2D eigenvalue weighted by molar-refractivity contribution is 0.103. The van der Waals surface area contributed by atoms with Crippen LogP contribution < -0.4 is 0 Å². The second kappa shape index (κ2) is 6.98. The fourth-order valence-corrected chi connectivity index (χ4v) is 5.25. The standard InChI is InChI=1S/C16H15BrClNO4S/c17-13-8-11(4-5-14(13)24(21,22)7-1-6-18)15(20)12-9-19-23-16(12)10-2-3-10/h4-5,8-10H,1-3,6-7H2. The number of nitrogens with zero attached hydrogens (tertiary/aromatic N) is 1. The molecular weight excluding hydrogens is 418 g/mol. The molecule has 1 aliphatic rings. The largest absolute Gasteiger partial charge is 0.360 e. The Bertz CT molecular complexity index is 874. The van der Waals surface area contributed by atoms with E-state index in [2.05, 4.69) is 21.1 Å². The second-order valence-corrected chi connectivity index (χ2v) is 9.02. The summed E-state index contributed by atoms with van der Waals surface area (Å²) in [6.07, 6.45) is 3.80. The number of carbonyl (C=O) groups excluding carboxylic acids is 1. The maximum absolute atomic E-state index is 12.7. The van der Waals surface area contributed by atoms with Crippen LogP contribution in [0.15, 0.2) is 38.3 Å². The van der Waals surface area contributed by atoms with Crippen LogP contribution in [0.2, 0.25) is 0 Å². The molecule has 8 heteroatoms. The predicted octanol–water partition coefficient (Wildman–Crippen LogP) is 3.95. The average molecular weight is 433 g/mol. The van der Waals surface area contributed by atoms with Gasteiger partial charge in [-0.25, -0.2) is 8.42 Å². The first-order chi connectivity index (χ1) is 11.4. The van der Waals surface area contributed by atoms with E-state index in [1.165, 1.54) is 24.4 Å². The molecule has 1 aromatic carbocycles. The Hall–Kier alpha value is -1.18. The van der Waals surface area contributed by atoms with Crippen molar-refractivity contribution >= 4 is 43.2 Å². The fourth-order valence-electron chi connectivity index (χ4n) is 2.46. The lowest BCUT2D eigenvalue weighted by atomic mass is 10.0. The fraction of sp³-hybridized carbons (Fsp3) is 0.375. The lowest BCUT2D eigenvalue weighted by Gasteiger charge is -2.08. The van der Waals surface area contributed by atoms with Crippen molar-refractivity contribution < 1.29 is 17.7 Å². The highest BCUT2D eigenvalue weighted by Crippen LogP contribution is 2.42. The molecule has 0 spiro atoms. The summed E-state index contributed by atoms with van der Waals surface area (Å²) in [7, 11) is -3.43. The van der Waals surface area contributed by atoms with Gasteiger partial charge in [0.25, 0.3) is 0 Å². The number of carbonyl (C=O) groups is 1. The van der Waals surface area contributed by atoms with Crippen LogP contribution >= 0.6 is 27.5 Å². The van der Waals surface area contributed by atoms with Crippen LogP contribution in [0, 0.1) is 0 Å². The molecule has 1 fully saturated rings. The van der Waals surface area contributed by atoms with Crippen LogP contribution in [0.1, 0.15) is 46.9 Å². The van der Waals surface area contributed by atoms with Gasteiger partial charge in [-0.15, -0.1) is 11.6 Å². The topological polar surface area (TPSA) is 77.2 Å². The Kier molecular flexibility index (Phi) is 5.13. The summed E-state index contributed by atoms with van der Waals surface area (Å²) in [5.41, 5.74) is 0.838. The molecule has 0 radical (unpaired) electrons. The Labute approximate surface area is 153 Å². The smallest absolute Gasteiger partial charge is 0.198 e. The summed E-state index contributed by atoms with van der Waals surface area (Å²) in [5, 5.41) is 3.73. The van der Waals surface area contributed by atoms with E-state index in [-0.39, 0.29) is 28.2 Å². The molecule has 0 saturated heterocycles. The molecule has 128 valence electrons. The third kappa shape index (κ3) is 3.58. The molecule has 0 atom stereocenters. The first kappa shape index (κ1) is 17.6. The van der Waals surface area contributed by atoms with Crippen LogP contribution in [0.25, 0.3) is 0 Å². The summed E-state index contributed by atoms with van der Waals surface area (Å²) < 4.78 is 30.1.